The van der Waals surface area contributed by atoms with E-state index in [1.807, 2.05) is 0 Å². The number of nitrogens with zero attached hydrogens (tertiary/aromatic N) is 2. The van der Waals surface area contributed by atoms with Gasteiger partial charge in [-0.05, 0) is 235 Å². The van der Waals surface area contributed by atoms with Crippen LogP contribution >= 0.6 is 0 Å². The van der Waals surface area contributed by atoms with E-state index in [0.717, 1.165) is 57.8 Å². The van der Waals surface area contributed by atoms with E-state index >= 15 is 0 Å². The highest BCUT2D eigenvalue weighted by molar-refractivity contribution is 5.87. The molecular formula is C108H90N2. The number of hydrogen-bond donors (Lipinski definition) is 0. The first-order valence-corrected chi connectivity index (χ1v) is 38.8. The Morgan fingerprint density at radius 1 is 0.182 bits per heavy atom. The first-order chi connectivity index (χ1) is 54.6. The van der Waals surface area contributed by atoms with E-state index in [1.54, 1.807) is 0 Å². The summed E-state index contributed by atoms with van der Waals surface area (Å²) < 4.78 is 0. The SMILES string of the molecule is C(/C=C/c1ccc(N(c2cccc(/C=C/C=C(c3ccccc3)c3ccccc3)c2)c2ccc3c(c2)CCCC3)cc1)=C(c1ccccc1)c1ccccc1.C(/C=C/c1cccc(N(c2cccc(/C=C/C=C(c3ccccc3)c3ccccc3)c2)c2ccc3c(c2)CCCC3)c1)=C(c1ccccc1)c1ccccc1. The number of allylic oxidation sites excluding steroid dienone is 8. The predicted octanol–water partition coefficient (Wildman–Crippen LogP) is 28.7. The van der Waals surface area contributed by atoms with Crippen molar-refractivity contribution >= 4 is 80.7 Å². The summed E-state index contributed by atoms with van der Waals surface area (Å²) in [7, 11) is 0. The first kappa shape index (κ1) is 72.2. The summed E-state index contributed by atoms with van der Waals surface area (Å²) in [5.41, 5.74) is 31.8. The van der Waals surface area contributed by atoms with Crippen molar-refractivity contribution in [2.24, 2.45) is 0 Å². The Hall–Kier alpha value is -13.4. The molecule has 0 spiro atoms. The van der Waals surface area contributed by atoms with Gasteiger partial charge in [-0.25, -0.2) is 0 Å². The summed E-state index contributed by atoms with van der Waals surface area (Å²) in [6.45, 7) is 0. The lowest BCUT2D eigenvalue weighted by Gasteiger charge is -2.28. The van der Waals surface area contributed by atoms with Crippen LogP contribution < -0.4 is 9.80 Å². The minimum absolute atomic E-state index is 1.13. The topological polar surface area (TPSA) is 6.48 Å². The van der Waals surface area contributed by atoms with Crippen molar-refractivity contribution in [1.82, 2.24) is 0 Å². The molecule has 0 atom stereocenters. The molecule has 14 aromatic rings. The fourth-order valence-corrected chi connectivity index (χ4v) is 15.0. The zero-order chi connectivity index (χ0) is 74.1. The molecule has 0 radical (unpaired) electrons. The summed E-state index contributed by atoms with van der Waals surface area (Å²) in [4.78, 5) is 4.81. The van der Waals surface area contributed by atoms with Gasteiger partial charge in [-0.3, -0.25) is 0 Å². The van der Waals surface area contributed by atoms with Crippen molar-refractivity contribution in [3.8, 4) is 0 Å². The fraction of sp³-hybridized carbons (Fsp3) is 0.0741. The number of fused-ring (bicyclic) bond motifs is 2. The Kier molecular flexibility index (Phi) is 24.1. The molecule has 110 heavy (non-hydrogen) atoms. The molecule has 0 aromatic heterocycles. The summed E-state index contributed by atoms with van der Waals surface area (Å²) >= 11 is 0. The molecule has 0 N–H and O–H groups in total. The summed E-state index contributed by atoms with van der Waals surface area (Å²) in [6, 6.07) is 135. The number of benzene rings is 14. The largest absolute Gasteiger partial charge is 0.310 e. The second kappa shape index (κ2) is 36.7. The van der Waals surface area contributed by atoms with Crippen LogP contribution in [0.1, 0.15) is 115 Å². The third-order valence-corrected chi connectivity index (χ3v) is 20.6. The second-order valence-corrected chi connectivity index (χ2v) is 28.1. The average molecular weight is 1420 g/mol. The van der Waals surface area contributed by atoms with Gasteiger partial charge in [0, 0.05) is 34.1 Å². The molecule has 532 valence electrons. The number of hydrogen-bond acceptors (Lipinski definition) is 2. The second-order valence-electron chi connectivity index (χ2n) is 28.1. The highest BCUT2D eigenvalue weighted by atomic mass is 15.1. The van der Waals surface area contributed by atoms with Crippen molar-refractivity contribution in [2.45, 2.75) is 51.4 Å². The van der Waals surface area contributed by atoms with Crippen LogP contribution in [0.15, 0.2) is 425 Å². The third kappa shape index (κ3) is 18.7. The maximum atomic E-state index is 2.42. The quantitative estimate of drug-likeness (QED) is 0.0624. The molecule has 16 rings (SSSR count). The van der Waals surface area contributed by atoms with Crippen LogP contribution in [0.25, 0.3) is 46.6 Å². The van der Waals surface area contributed by atoms with Crippen LogP contribution in [0.4, 0.5) is 34.1 Å². The lowest BCUT2D eigenvalue weighted by atomic mass is 9.91. The highest BCUT2D eigenvalue weighted by Crippen LogP contribution is 2.41. The molecule has 2 aliphatic rings. The molecule has 0 unspecified atom stereocenters. The molecule has 0 saturated carbocycles. The standard InChI is InChI=1S/2C54H45N/c1-5-24-45(25-6-1)53(46-26-7-2-8-27-46)35-17-21-42-19-15-33-50(39-42)55(52-38-37-44-23-13-14-32-49(44)41-52)51-34-16-20-43(40-51)22-18-36-54(47-28-9-3-10-29-47)48-30-11-4-12-31-48;1-5-22-45(23-6-1)53(46-24-7-2-8-25-46)32-16-18-42-34-37-50(38-35-42)55(52-39-36-44-21-13-14-30-49(44)41-52)51-31-15-19-43(40-51)20-17-33-54(47-26-9-3-10-27-47)48-28-11-4-12-29-48/h1-12,15-22,24-31,33-41H,13-14,23,32H2;1-12,15-20,22-29,31-41H,13-14,21,30H2/b21-17+,22-18+;18-16+,20-17+. The molecule has 2 heteroatoms. The Labute approximate surface area is 651 Å². The van der Waals surface area contributed by atoms with Crippen molar-refractivity contribution in [3.05, 3.63) is 514 Å². The van der Waals surface area contributed by atoms with E-state index in [2.05, 4.69) is 459 Å². The maximum absolute atomic E-state index is 2.42. The van der Waals surface area contributed by atoms with Crippen molar-refractivity contribution in [2.75, 3.05) is 9.80 Å². The number of rotatable bonds is 22. The van der Waals surface area contributed by atoms with Crippen LogP contribution in [0, 0.1) is 0 Å². The molecule has 14 aromatic carbocycles. The van der Waals surface area contributed by atoms with Gasteiger partial charge >= 0.3 is 0 Å². The Balaban J connectivity index is 0.000000175. The highest BCUT2D eigenvalue weighted by Gasteiger charge is 2.20. The molecule has 2 nitrogen and oxygen atoms in total. The molecule has 0 fully saturated rings. The monoisotopic (exact) mass is 1410 g/mol. The molecule has 0 heterocycles. The van der Waals surface area contributed by atoms with E-state index in [4.69, 9.17) is 0 Å². The summed E-state index contributed by atoms with van der Waals surface area (Å²) in [5.74, 6) is 0. The Morgan fingerprint density at radius 3 is 0.682 bits per heavy atom. The fourth-order valence-electron chi connectivity index (χ4n) is 15.0. The lowest BCUT2D eigenvalue weighted by molar-refractivity contribution is 0.685. The van der Waals surface area contributed by atoms with Crippen LogP contribution in [-0.2, 0) is 25.7 Å². The molecule has 0 bridgehead atoms. The van der Waals surface area contributed by atoms with Gasteiger partial charge in [-0.15, -0.1) is 0 Å². The zero-order valence-corrected chi connectivity index (χ0v) is 62.3. The van der Waals surface area contributed by atoms with Crippen LogP contribution in [0.5, 0.6) is 0 Å². The molecular weight excluding hydrogens is 1330 g/mol. The smallest absolute Gasteiger partial charge is 0.0467 e. The van der Waals surface area contributed by atoms with E-state index in [9.17, 15) is 0 Å². The third-order valence-electron chi connectivity index (χ3n) is 20.6. The molecule has 0 saturated heterocycles. The zero-order valence-electron chi connectivity index (χ0n) is 62.3. The van der Waals surface area contributed by atoms with Gasteiger partial charge in [-0.1, -0.05) is 376 Å². The van der Waals surface area contributed by atoms with Crippen molar-refractivity contribution < 1.29 is 0 Å². The average Bonchev–Trinajstić information content (AvgIpc) is 0.792. The summed E-state index contributed by atoms with van der Waals surface area (Å²) in [5, 5.41) is 0. The number of anilines is 6. The van der Waals surface area contributed by atoms with Gasteiger partial charge < -0.3 is 9.80 Å². The van der Waals surface area contributed by atoms with Gasteiger partial charge in [0.05, 0.1) is 0 Å². The summed E-state index contributed by atoms with van der Waals surface area (Å²) in [6.07, 6.45) is 36.1. The molecule has 0 aliphatic heterocycles. The van der Waals surface area contributed by atoms with Gasteiger partial charge in [0.25, 0.3) is 0 Å². The van der Waals surface area contributed by atoms with E-state index < -0.39 is 0 Å². The van der Waals surface area contributed by atoms with E-state index in [-0.39, 0.29) is 0 Å². The van der Waals surface area contributed by atoms with Gasteiger partial charge in [0.15, 0.2) is 0 Å². The Bertz CT molecular complexity index is 5280. The maximum Gasteiger partial charge on any atom is 0.0467 e. The molecule has 0 amide bonds. The minimum atomic E-state index is 1.13. The van der Waals surface area contributed by atoms with Crippen LogP contribution in [-0.4, -0.2) is 0 Å². The van der Waals surface area contributed by atoms with E-state index in [0.29, 0.717) is 0 Å². The Morgan fingerprint density at radius 2 is 0.409 bits per heavy atom. The van der Waals surface area contributed by atoms with Gasteiger partial charge in [-0.2, -0.15) is 0 Å². The lowest BCUT2D eigenvalue weighted by Crippen LogP contribution is -2.12. The first-order valence-electron chi connectivity index (χ1n) is 38.8. The van der Waals surface area contributed by atoms with Crippen molar-refractivity contribution in [3.63, 3.8) is 0 Å². The van der Waals surface area contributed by atoms with Gasteiger partial charge in [0.2, 0.25) is 0 Å². The van der Waals surface area contributed by atoms with Crippen LogP contribution in [0.3, 0.4) is 0 Å². The predicted molar refractivity (Wildman–Crippen MR) is 472 cm³/mol. The normalized spacial score (nSPS) is 12.3. The van der Waals surface area contributed by atoms with E-state index in [1.165, 1.54) is 139 Å². The minimum Gasteiger partial charge on any atom is -0.310 e. The van der Waals surface area contributed by atoms with Crippen LogP contribution in [0.2, 0.25) is 0 Å². The molecule has 2 aliphatic carbocycles. The van der Waals surface area contributed by atoms with Gasteiger partial charge in [0.1, 0.15) is 0 Å². The number of aryl methyl sites for hydroxylation is 4. The van der Waals surface area contributed by atoms with Crippen molar-refractivity contribution in [1.29, 1.82) is 0 Å².